The Morgan fingerprint density at radius 2 is 2.15 bits per heavy atom. The first-order valence-electron chi connectivity index (χ1n) is 7.80. The zero-order valence-electron chi connectivity index (χ0n) is 14.2. The van der Waals surface area contributed by atoms with E-state index in [4.69, 9.17) is 16.3 Å². The van der Waals surface area contributed by atoms with Crippen molar-refractivity contribution in [2.24, 2.45) is 0 Å². The zero-order valence-corrected chi connectivity index (χ0v) is 15.7. The molecule has 1 N–H and O–H groups in total. The molecular formula is C19H16ClFN2O2S. The smallest absolute Gasteiger partial charge is 0.230 e. The summed E-state index contributed by atoms with van der Waals surface area (Å²) < 4.78 is 18.6. The molecule has 134 valence electrons. The molecule has 3 rings (SSSR count). The van der Waals surface area contributed by atoms with Crippen LogP contribution >= 0.6 is 22.9 Å². The molecule has 0 saturated carbocycles. The average Bonchev–Trinajstić information content (AvgIpc) is 3.06. The molecule has 1 aromatic heterocycles. The summed E-state index contributed by atoms with van der Waals surface area (Å²) in [5, 5.41) is 5.86. The Kier molecular flexibility index (Phi) is 5.54. The van der Waals surface area contributed by atoms with Crippen molar-refractivity contribution >= 4 is 34.5 Å². The van der Waals surface area contributed by atoms with Crippen LogP contribution in [0.1, 0.15) is 11.3 Å². The van der Waals surface area contributed by atoms with Gasteiger partial charge in [-0.3, -0.25) is 4.79 Å². The number of rotatable bonds is 5. The maximum absolute atomic E-state index is 13.3. The Morgan fingerprint density at radius 3 is 2.88 bits per heavy atom. The van der Waals surface area contributed by atoms with Crippen molar-refractivity contribution in [3.63, 3.8) is 0 Å². The molecule has 0 aliphatic rings. The zero-order chi connectivity index (χ0) is 18.7. The molecule has 0 radical (unpaired) electrons. The predicted octanol–water partition coefficient (Wildman–Crippen LogP) is 5.10. The van der Waals surface area contributed by atoms with Crippen LogP contribution in [-0.4, -0.2) is 18.0 Å². The van der Waals surface area contributed by atoms with Crippen molar-refractivity contribution in [1.29, 1.82) is 0 Å². The van der Waals surface area contributed by atoms with E-state index in [1.165, 1.54) is 30.6 Å². The van der Waals surface area contributed by atoms with E-state index in [1.54, 1.807) is 29.6 Å². The molecule has 26 heavy (non-hydrogen) atoms. The van der Waals surface area contributed by atoms with Gasteiger partial charge < -0.3 is 10.1 Å². The third kappa shape index (κ3) is 4.20. The lowest BCUT2D eigenvalue weighted by molar-refractivity contribution is -0.115. The van der Waals surface area contributed by atoms with Gasteiger partial charge in [-0.05, 0) is 30.7 Å². The second kappa shape index (κ2) is 7.85. The van der Waals surface area contributed by atoms with Gasteiger partial charge in [0.25, 0.3) is 0 Å². The predicted molar refractivity (Wildman–Crippen MR) is 103 cm³/mol. The Bertz CT molecular complexity index is 958. The molecule has 0 bridgehead atoms. The standard InChI is InChI=1S/C19H16ClFN2O2S/c1-11-6-16(17(25-2)9-15(11)20)23-18(24)8-14-10-26-19(22-14)12-4-3-5-13(21)7-12/h3-7,9-10H,8H2,1-2H3,(H,23,24). The largest absolute Gasteiger partial charge is 0.495 e. The number of methoxy groups -OCH3 is 1. The van der Waals surface area contributed by atoms with Gasteiger partial charge in [0, 0.05) is 22.0 Å². The Balaban J connectivity index is 1.72. The van der Waals surface area contributed by atoms with Crippen LogP contribution in [0.5, 0.6) is 5.75 Å². The van der Waals surface area contributed by atoms with E-state index in [-0.39, 0.29) is 18.1 Å². The van der Waals surface area contributed by atoms with Crippen LogP contribution in [0.3, 0.4) is 0 Å². The summed E-state index contributed by atoms with van der Waals surface area (Å²) in [5.41, 5.74) is 2.71. The molecule has 0 atom stereocenters. The van der Waals surface area contributed by atoms with Crippen LogP contribution in [0, 0.1) is 12.7 Å². The monoisotopic (exact) mass is 390 g/mol. The van der Waals surface area contributed by atoms with Crippen molar-refractivity contribution < 1.29 is 13.9 Å². The maximum Gasteiger partial charge on any atom is 0.230 e. The quantitative estimate of drug-likeness (QED) is 0.659. The van der Waals surface area contributed by atoms with E-state index < -0.39 is 0 Å². The van der Waals surface area contributed by atoms with Gasteiger partial charge in [-0.1, -0.05) is 23.7 Å². The number of aryl methyl sites for hydroxylation is 1. The lowest BCUT2D eigenvalue weighted by Gasteiger charge is -2.11. The fourth-order valence-electron chi connectivity index (χ4n) is 2.43. The molecule has 0 unspecified atom stereocenters. The second-order valence-corrected chi connectivity index (χ2v) is 6.95. The highest BCUT2D eigenvalue weighted by atomic mass is 35.5. The van der Waals surface area contributed by atoms with E-state index in [9.17, 15) is 9.18 Å². The number of nitrogens with one attached hydrogen (secondary N) is 1. The SMILES string of the molecule is COc1cc(Cl)c(C)cc1NC(=O)Cc1csc(-c2cccc(F)c2)n1. The number of amides is 1. The maximum atomic E-state index is 13.3. The number of hydrogen-bond acceptors (Lipinski definition) is 4. The molecule has 7 heteroatoms. The third-order valence-electron chi connectivity index (χ3n) is 3.72. The third-order valence-corrected chi connectivity index (χ3v) is 5.07. The number of hydrogen-bond donors (Lipinski definition) is 1. The average molecular weight is 391 g/mol. The number of carbonyl (C=O) groups excluding carboxylic acids is 1. The lowest BCUT2D eigenvalue weighted by Crippen LogP contribution is -2.15. The molecule has 0 fully saturated rings. The van der Waals surface area contributed by atoms with Gasteiger partial charge in [0.05, 0.1) is 24.9 Å². The summed E-state index contributed by atoms with van der Waals surface area (Å²) in [4.78, 5) is 16.8. The highest BCUT2D eigenvalue weighted by Gasteiger charge is 2.13. The van der Waals surface area contributed by atoms with Crippen molar-refractivity contribution in [2.45, 2.75) is 13.3 Å². The highest BCUT2D eigenvalue weighted by Crippen LogP contribution is 2.31. The number of ether oxygens (including phenoxy) is 1. The summed E-state index contributed by atoms with van der Waals surface area (Å²) in [7, 11) is 1.52. The normalized spacial score (nSPS) is 10.6. The van der Waals surface area contributed by atoms with Crippen LogP contribution in [0.25, 0.3) is 10.6 Å². The lowest BCUT2D eigenvalue weighted by atomic mass is 10.2. The minimum atomic E-state index is -0.317. The molecule has 0 aliphatic carbocycles. The summed E-state index contributed by atoms with van der Waals surface area (Å²) >= 11 is 7.45. The summed E-state index contributed by atoms with van der Waals surface area (Å²) in [6, 6.07) is 9.65. The summed E-state index contributed by atoms with van der Waals surface area (Å²) in [5.74, 6) is -0.0454. The van der Waals surface area contributed by atoms with Crippen molar-refractivity contribution in [2.75, 3.05) is 12.4 Å². The first-order valence-corrected chi connectivity index (χ1v) is 9.06. The van der Waals surface area contributed by atoms with Gasteiger partial charge in [0.15, 0.2) is 0 Å². The van der Waals surface area contributed by atoms with E-state index >= 15 is 0 Å². The fourth-order valence-corrected chi connectivity index (χ4v) is 3.40. The first-order chi connectivity index (χ1) is 12.5. The Morgan fingerprint density at radius 1 is 1.35 bits per heavy atom. The van der Waals surface area contributed by atoms with Crippen LogP contribution < -0.4 is 10.1 Å². The van der Waals surface area contributed by atoms with E-state index in [0.717, 1.165) is 5.56 Å². The van der Waals surface area contributed by atoms with Gasteiger partial charge in [0.2, 0.25) is 5.91 Å². The highest BCUT2D eigenvalue weighted by molar-refractivity contribution is 7.13. The number of nitrogens with zero attached hydrogens (tertiary/aromatic N) is 1. The van der Waals surface area contributed by atoms with Crippen molar-refractivity contribution in [3.8, 4) is 16.3 Å². The number of carbonyl (C=O) groups is 1. The van der Waals surface area contributed by atoms with Crippen molar-refractivity contribution in [1.82, 2.24) is 4.98 Å². The van der Waals surface area contributed by atoms with E-state index in [2.05, 4.69) is 10.3 Å². The topological polar surface area (TPSA) is 51.2 Å². The van der Waals surface area contributed by atoms with Crippen molar-refractivity contribution in [3.05, 3.63) is 63.9 Å². The molecule has 0 aliphatic heterocycles. The molecule has 2 aromatic carbocycles. The Labute approximate surface area is 159 Å². The molecule has 3 aromatic rings. The molecule has 4 nitrogen and oxygen atoms in total. The number of benzene rings is 2. The second-order valence-electron chi connectivity index (χ2n) is 5.68. The van der Waals surface area contributed by atoms with Gasteiger partial charge in [-0.15, -0.1) is 11.3 Å². The minimum Gasteiger partial charge on any atom is -0.495 e. The first kappa shape index (κ1) is 18.4. The minimum absolute atomic E-state index is 0.108. The van der Waals surface area contributed by atoms with Crippen LogP contribution in [0.4, 0.5) is 10.1 Å². The van der Waals surface area contributed by atoms with Gasteiger partial charge >= 0.3 is 0 Å². The number of aromatic nitrogens is 1. The number of thiazole rings is 1. The molecule has 1 heterocycles. The molecule has 1 amide bonds. The van der Waals surface area contributed by atoms with Gasteiger partial charge in [-0.25, -0.2) is 9.37 Å². The van der Waals surface area contributed by atoms with Crippen LogP contribution in [-0.2, 0) is 11.2 Å². The van der Waals surface area contributed by atoms with Gasteiger partial charge in [-0.2, -0.15) is 0 Å². The van der Waals surface area contributed by atoms with E-state index in [0.29, 0.717) is 32.7 Å². The molecule has 0 spiro atoms. The van der Waals surface area contributed by atoms with E-state index in [1.807, 2.05) is 6.92 Å². The summed E-state index contributed by atoms with van der Waals surface area (Å²) in [6.07, 6.45) is 0.108. The number of halogens is 2. The van der Waals surface area contributed by atoms with Gasteiger partial charge in [0.1, 0.15) is 16.6 Å². The molecule has 0 saturated heterocycles. The van der Waals surface area contributed by atoms with Crippen LogP contribution in [0.15, 0.2) is 41.8 Å². The fraction of sp³-hybridized carbons (Fsp3) is 0.158. The molecular weight excluding hydrogens is 375 g/mol. The Hall–Kier alpha value is -2.44. The summed E-state index contributed by atoms with van der Waals surface area (Å²) in [6.45, 7) is 1.85. The number of anilines is 1. The van der Waals surface area contributed by atoms with Crippen LogP contribution in [0.2, 0.25) is 5.02 Å².